The second-order valence-corrected chi connectivity index (χ2v) is 8.73. The molecule has 160 valence electrons. The first-order valence-corrected chi connectivity index (χ1v) is 10.5. The average Bonchev–Trinajstić information content (AvgIpc) is 3.38. The lowest BCUT2D eigenvalue weighted by Gasteiger charge is -2.17. The summed E-state index contributed by atoms with van der Waals surface area (Å²) < 4.78 is 44.9. The van der Waals surface area contributed by atoms with E-state index >= 15 is 0 Å². The quantitative estimate of drug-likeness (QED) is 0.421. The lowest BCUT2D eigenvalue weighted by Crippen LogP contribution is -2.19. The number of aryl methyl sites for hydroxylation is 1. The second-order valence-electron chi connectivity index (χ2n) is 7.82. The van der Waals surface area contributed by atoms with Crippen molar-refractivity contribution in [2.45, 2.75) is 24.9 Å². The Labute approximate surface area is 183 Å². The second kappa shape index (κ2) is 7.08. The summed E-state index contributed by atoms with van der Waals surface area (Å²) in [7, 11) is 1.89. The van der Waals surface area contributed by atoms with Gasteiger partial charge >= 0.3 is 11.9 Å². The van der Waals surface area contributed by atoms with E-state index in [0.717, 1.165) is 34.7 Å². The fraction of sp³-hybridized carbons (Fsp3) is 0.286. The van der Waals surface area contributed by atoms with E-state index in [9.17, 15) is 18.0 Å². The van der Waals surface area contributed by atoms with E-state index in [1.165, 1.54) is 17.0 Å². The van der Waals surface area contributed by atoms with Crippen LogP contribution in [0.3, 0.4) is 0 Å². The molecule has 1 fully saturated rings. The van der Waals surface area contributed by atoms with Crippen LogP contribution in [0, 0.1) is 5.92 Å². The molecular weight excluding hydrogens is 475 g/mol. The van der Waals surface area contributed by atoms with Crippen LogP contribution in [-0.4, -0.2) is 23.7 Å². The molecule has 4 aromatic rings. The van der Waals surface area contributed by atoms with Crippen LogP contribution in [0.15, 0.2) is 58.3 Å². The monoisotopic (exact) mass is 491 g/mol. The number of halogens is 4. The summed E-state index contributed by atoms with van der Waals surface area (Å²) in [5, 5.41) is 8.25. The molecule has 5 rings (SSSR count). The summed E-state index contributed by atoms with van der Waals surface area (Å²) in [5.74, 6) is 1.27. The summed E-state index contributed by atoms with van der Waals surface area (Å²) in [6.07, 6.45) is 1.79. The summed E-state index contributed by atoms with van der Waals surface area (Å²) in [4.78, 5) is 13.0. The molecule has 0 N–H and O–H groups in total. The molecule has 6 nitrogen and oxygen atoms in total. The first-order chi connectivity index (χ1) is 14.7. The molecule has 3 aromatic heterocycles. The maximum atomic E-state index is 13.5. The standard InChI is InChI=1S/C21H17BrF3N5O/c1-28-11-26-27-19(28)18(12-5-6-12)13-3-2-4-15(7-13)29-10-17-16(21(23,24)25)8-14(22)9-30(17)20(29)31/h2-4,7-12,18H,5-6H2,1H3/t18-/m1/s1. The molecule has 0 radical (unpaired) electrons. The largest absolute Gasteiger partial charge is 0.418 e. The number of rotatable bonds is 4. The SMILES string of the molecule is Cn1cnnc1[C@@H](c1cccc(-n2cc3c(C(F)(F)F)cc(Br)cn3c2=O)c1)C1CC1. The van der Waals surface area contributed by atoms with Gasteiger partial charge in [-0.05, 0) is 58.5 Å². The molecule has 1 aliphatic rings. The summed E-state index contributed by atoms with van der Waals surface area (Å²) in [6, 6.07) is 8.31. The molecule has 1 atom stereocenters. The van der Waals surface area contributed by atoms with Crippen molar-refractivity contribution >= 4 is 21.4 Å². The number of hydrogen-bond donors (Lipinski definition) is 0. The third-order valence-electron chi connectivity index (χ3n) is 5.66. The third-order valence-corrected chi connectivity index (χ3v) is 6.10. The predicted octanol–water partition coefficient (Wildman–Crippen LogP) is 4.54. The third kappa shape index (κ3) is 3.48. The number of nitrogens with zero attached hydrogens (tertiary/aromatic N) is 5. The molecule has 0 aliphatic heterocycles. The van der Waals surface area contributed by atoms with Gasteiger partial charge in [-0.2, -0.15) is 13.2 Å². The van der Waals surface area contributed by atoms with Crippen molar-refractivity contribution in [2.24, 2.45) is 13.0 Å². The fourth-order valence-corrected chi connectivity index (χ4v) is 4.50. The van der Waals surface area contributed by atoms with Gasteiger partial charge in [-0.15, -0.1) is 10.2 Å². The minimum absolute atomic E-state index is 0.0139. The van der Waals surface area contributed by atoms with Crippen molar-refractivity contribution < 1.29 is 13.2 Å². The highest BCUT2D eigenvalue weighted by molar-refractivity contribution is 9.10. The van der Waals surface area contributed by atoms with Crippen LogP contribution in [0.5, 0.6) is 0 Å². The molecule has 10 heteroatoms. The van der Waals surface area contributed by atoms with Gasteiger partial charge < -0.3 is 4.57 Å². The minimum atomic E-state index is -4.59. The fourth-order valence-electron chi connectivity index (χ4n) is 4.07. The van der Waals surface area contributed by atoms with E-state index < -0.39 is 17.4 Å². The van der Waals surface area contributed by atoms with Crippen LogP contribution in [0.1, 0.15) is 35.7 Å². The van der Waals surface area contributed by atoms with Crippen LogP contribution < -0.4 is 5.69 Å². The number of benzene rings is 1. The summed E-state index contributed by atoms with van der Waals surface area (Å²) in [6.45, 7) is 0. The topological polar surface area (TPSA) is 57.1 Å². The summed E-state index contributed by atoms with van der Waals surface area (Å²) in [5.41, 5.74) is -0.179. The van der Waals surface area contributed by atoms with E-state index in [1.807, 2.05) is 29.8 Å². The highest BCUT2D eigenvalue weighted by Crippen LogP contribution is 2.46. The van der Waals surface area contributed by atoms with Crippen molar-refractivity contribution in [3.8, 4) is 5.69 Å². The molecule has 0 bridgehead atoms. The highest BCUT2D eigenvalue weighted by atomic mass is 79.9. The zero-order chi connectivity index (χ0) is 21.9. The summed E-state index contributed by atoms with van der Waals surface area (Å²) >= 11 is 3.07. The van der Waals surface area contributed by atoms with Gasteiger partial charge in [0.05, 0.1) is 16.8 Å². The number of alkyl halides is 3. The van der Waals surface area contributed by atoms with Crippen LogP contribution in [0.25, 0.3) is 11.2 Å². The lowest BCUT2D eigenvalue weighted by molar-refractivity contribution is -0.136. The van der Waals surface area contributed by atoms with E-state index in [-0.39, 0.29) is 15.9 Å². The first kappa shape index (κ1) is 20.0. The predicted molar refractivity (Wildman–Crippen MR) is 111 cm³/mol. The molecule has 1 aromatic carbocycles. The lowest BCUT2D eigenvalue weighted by atomic mass is 9.93. The zero-order valence-corrected chi connectivity index (χ0v) is 17.9. The smallest absolute Gasteiger partial charge is 0.320 e. The molecule has 1 saturated carbocycles. The number of imidazole rings is 1. The van der Waals surface area contributed by atoms with E-state index in [4.69, 9.17) is 0 Å². The Kier molecular flexibility index (Phi) is 4.58. The van der Waals surface area contributed by atoms with Gasteiger partial charge in [0.1, 0.15) is 12.2 Å². The Hall–Kier alpha value is -2.88. The van der Waals surface area contributed by atoms with Gasteiger partial charge in [-0.3, -0.25) is 8.97 Å². The Morgan fingerprint density at radius 2 is 1.97 bits per heavy atom. The van der Waals surface area contributed by atoms with E-state index in [2.05, 4.69) is 26.1 Å². The molecule has 0 saturated heterocycles. The van der Waals surface area contributed by atoms with Gasteiger partial charge in [0.15, 0.2) is 0 Å². The molecule has 3 heterocycles. The van der Waals surface area contributed by atoms with Crippen molar-refractivity contribution in [3.63, 3.8) is 0 Å². The molecule has 31 heavy (non-hydrogen) atoms. The molecule has 0 amide bonds. The van der Waals surface area contributed by atoms with E-state index in [0.29, 0.717) is 11.6 Å². The van der Waals surface area contributed by atoms with Crippen LogP contribution in [-0.2, 0) is 13.2 Å². The van der Waals surface area contributed by atoms with Crippen LogP contribution in [0.4, 0.5) is 13.2 Å². The maximum Gasteiger partial charge on any atom is 0.418 e. The molecule has 1 aliphatic carbocycles. The number of pyridine rings is 1. The van der Waals surface area contributed by atoms with Crippen molar-refractivity contribution in [3.05, 3.63) is 81.0 Å². The van der Waals surface area contributed by atoms with Crippen molar-refractivity contribution in [2.75, 3.05) is 0 Å². The highest BCUT2D eigenvalue weighted by Gasteiger charge is 2.37. The maximum absolute atomic E-state index is 13.5. The first-order valence-electron chi connectivity index (χ1n) is 9.68. The van der Waals surface area contributed by atoms with Crippen molar-refractivity contribution in [1.82, 2.24) is 23.7 Å². The Morgan fingerprint density at radius 3 is 2.61 bits per heavy atom. The van der Waals surface area contributed by atoms with Gasteiger partial charge in [0.2, 0.25) is 0 Å². The average molecular weight is 492 g/mol. The Balaban J connectivity index is 1.66. The Bertz CT molecular complexity index is 1350. The van der Waals surface area contributed by atoms with Crippen LogP contribution in [0.2, 0.25) is 0 Å². The van der Waals surface area contributed by atoms with Crippen LogP contribution >= 0.6 is 15.9 Å². The zero-order valence-electron chi connectivity index (χ0n) is 16.3. The number of hydrogen-bond acceptors (Lipinski definition) is 3. The molecular formula is C21H17BrF3N5O. The minimum Gasteiger partial charge on any atom is -0.320 e. The Morgan fingerprint density at radius 1 is 1.19 bits per heavy atom. The van der Waals surface area contributed by atoms with Gasteiger partial charge in [0, 0.05) is 29.8 Å². The van der Waals surface area contributed by atoms with E-state index in [1.54, 1.807) is 12.4 Å². The van der Waals surface area contributed by atoms with Gasteiger partial charge in [0.25, 0.3) is 0 Å². The number of fused-ring (bicyclic) bond motifs is 1. The van der Waals surface area contributed by atoms with Gasteiger partial charge in [-0.1, -0.05) is 12.1 Å². The van der Waals surface area contributed by atoms with Crippen molar-refractivity contribution in [1.29, 1.82) is 0 Å². The molecule has 0 spiro atoms. The normalized spacial score (nSPS) is 15.5. The van der Waals surface area contributed by atoms with Gasteiger partial charge in [-0.25, -0.2) is 4.79 Å². The number of aromatic nitrogens is 5. The molecule has 0 unspecified atom stereocenters.